The summed E-state index contributed by atoms with van der Waals surface area (Å²) in [5.41, 5.74) is 4.68. The van der Waals surface area contributed by atoms with Gasteiger partial charge in [-0.25, -0.2) is 0 Å². The van der Waals surface area contributed by atoms with Crippen molar-refractivity contribution in [3.63, 3.8) is 0 Å². The summed E-state index contributed by atoms with van der Waals surface area (Å²) in [6.07, 6.45) is 0. The van der Waals surface area contributed by atoms with E-state index in [2.05, 4.69) is 80.5 Å². The van der Waals surface area contributed by atoms with Crippen molar-refractivity contribution < 1.29 is 0 Å². The van der Waals surface area contributed by atoms with Crippen LogP contribution in [0.15, 0.2) is 59.1 Å². The van der Waals surface area contributed by atoms with Crippen molar-refractivity contribution in [2.45, 2.75) is 0 Å². The maximum atomic E-state index is 3.63. The molecule has 21 heavy (non-hydrogen) atoms. The molecule has 0 aliphatic carbocycles. The van der Waals surface area contributed by atoms with Gasteiger partial charge in [-0.05, 0) is 28.1 Å². The van der Waals surface area contributed by atoms with Crippen molar-refractivity contribution in [1.29, 1.82) is 0 Å². The average Bonchev–Trinajstić information content (AvgIpc) is 3.06. The average molecular weight is 335 g/mol. The van der Waals surface area contributed by atoms with Gasteiger partial charge >= 0.3 is 0 Å². The van der Waals surface area contributed by atoms with Gasteiger partial charge in [0.1, 0.15) is 0 Å². The lowest BCUT2D eigenvalue weighted by Gasteiger charge is -1.94. The zero-order chi connectivity index (χ0) is 14.0. The number of halogens is 1. The molecule has 0 saturated heterocycles. The second-order valence-corrected chi connectivity index (χ2v) is 6.22. The van der Waals surface area contributed by atoms with E-state index in [0.717, 1.165) is 9.99 Å². The van der Waals surface area contributed by atoms with Crippen molar-refractivity contribution in [2.75, 3.05) is 0 Å². The largest absolute Gasteiger partial charge is 0.353 e. The second-order valence-electron chi connectivity index (χ2n) is 5.37. The van der Waals surface area contributed by atoms with Crippen LogP contribution in [-0.2, 0) is 0 Å². The predicted molar refractivity (Wildman–Crippen MR) is 92.9 cm³/mol. The Bertz CT molecular complexity index is 1150. The van der Waals surface area contributed by atoms with Crippen LogP contribution in [0.4, 0.5) is 0 Å². The maximum Gasteiger partial charge on any atom is 0.0710 e. The van der Waals surface area contributed by atoms with Crippen molar-refractivity contribution in [1.82, 2.24) is 9.97 Å². The fraction of sp³-hybridized carbons (Fsp3) is 0. The van der Waals surface area contributed by atoms with E-state index in [1.165, 1.54) is 38.1 Å². The monoisotopic (exact) mass is 334 g/mol. The summed E-state index contributed by atoms with van der Waals surface area (Å²) >= 11 is 3.63. The summed E-state index contributed by atoms with van der Waals surface area (Å²) in [5, 5.41) is 5.04. The number of aromatic amines is 2. The van der Waals surface area contributed by atoms with Crippen molar-refractivity contribution in [2.24, 2.45) is 0 Å². The molecule has 0 radical (unpaired) electrons. The molecule has 3 aromatic carbocycles. The maximum absolute atomic E-state index is 3.63. The summed E-state index contributed by atoms with van der Waals surface area (Å²) in [4.78, 5) is 7.13. The Morgan fingerprint density at radius 2 is 1.24 bits per heavy atom. The summed E-state index contributed by atoms with van der Waals surface area (Å²) < 4.78 is 1.10. The minimum Gasteiger partial charge on any atom is -0.353 e. The Labute approximate surface area is 128 Å². The van der Waals surface area contributed by atoms with Gasteiger partial charge in [-0.2, -0.15) is 0 Å². The van der Waals surface area contributed by atoms with Crippen molar-refractivity contribution in [3.8, 4) is 0 Å². The molecule has 0 aliphatic heterocycles. The molecule has 0 unspecified atom stereocenters. The van der Waals surface area contributed by atoms with Gasteiger partial charge in [0.05, 0.1) is 16.6 Å². The summed E-state index contributed by atoms with van der Waals surface area (Å²) in [7, 11) is 0. The third kappa shape index (κ3) is 1.41. The van der Waals surface area contributed by atoms with Crippen molar-refractivity contribution in [3.05, 3.63) is 59.1 Å². The van der Waals surface area contributed by atoms with Crippen LogP contribution < -0.4 is 0 Å². The second kappa shape index (κ2) is 3.89. The zero-order valence-electron chi connectivity index (χ0n) is 11.1. The summed E-state index contributed by atoms with van der Waals surface area (Å²) in [5.74, 6) is 0. The summed E-state index contributed by atoms with van der Waals surface area (Å²) in [6, 6.07) is 19.2. The lowest BCUT2D eigenvalue weighted by molar-refractivity contribution is 1.50. The highest BCUT2D eigenvalue weighted by molar-refractivity contribution is 9.10. The third-order valence-electron chi connectivity index (χ3n) is 4.24. The van der Waals surface area contributed by atoms with E-state index in [4.69, 9.17) is 0 Å². The van der Waals surface area contributed by atoms with Crippen LogP contribution in [0.3, 0.4) is 0 Å². The van der Waals surface area contributed by atoms with E-state index in [1.54, 1.807) is 0 Å². The zero-order valence-corrected chi connectivity index (χ0v) is 12.7. The molecule has 0 aliphatic rings. The molecule has 5 aromatic rings. The number of aromatic nitrogens is 2. The molecule has 0 bridgehead atoms. The van der Waals surface area contributed by atoms with E-state index in [9.17, 15) is 0 Å². The highest BCUT2D eigenvalue weighted by atomic mass is 79.9. The van der Waals surface area contributed by atoms with Crippen LogP contribution in [0.2, 0.25) is 0 Å². The molecular formula is C18H11BrN2. The Morgan fingerprint density at radius 1 is 0.571 bits per heavy atom. The predicted octanol–water partition coefficient (Wildman–Crippen LogP) is 5.72. The molecule has 0 spiro atoms. The number of nitrogens with one attached hydrogen (secondary N) is 2. The minimum atomic E-state index is 1.10. The van der Waals surface area contributed by atoms with Crippen molar-refractivity contribution >= 4 is 59.5 Å². The molecule has 5 rings (SSSR count). The number of hydrogen-bond acceptors (Lipinski definition) is 0. The van der Waals surface area contributed by atoms with E-state index in [0.29, 0.717) is 0 Å². The Balaban J connectivity index is 2.09. The lowest BCUT2D eigenvalue weighted by Crippen LogP contribution is -1.72. The first-order chi connectivity index (χ1) is 10.3. The molecule has 0 amide bonds. The first kappa shape index (κ1) is 11.4. The van der Waals surface area contributed by atoms with E-state index < -0.39 is 0 Å². The van der Waals surface area contributed by atoms with Crippen LogP contribution in [0.5, 0.6) is 0 Å². The first-order valence-corrected chi connectivity index (χ1v) is 7.71. The minimum absolute atomic E-state index is 1.10. The van der Waals surface area contributed by atoms with E-state index >= 15 is 0 Å². The Hall–Kier alpha value is -2.26. The van der Waals surface area contributed by atoms with Crippen LogP contribution in [0.1, 0.15) is 0 Å². The standard InChI is InChI=1S/C18H11BrN2/c19-14-6-3-5-11-13-9-8-12-10-4-1-2-7-15(10)20-17(12)18(13)21-16(11)14/h1-9,20-21H. The number of hydrogen-bond donors (Lipinski definition) is 2. The smallest absolute Gasteiger partial charge is 0.0710 e. The molecular weight excluding hydrogens is 324 g/mol. The molecule has 2 aromatic heterocycles. The Kier molecular flexibility index (Phi) is 2.11. The molecule has 3 heteroatoms. The van der Waals surface area contributed by atoms with Crippen LogP contribution >= 0.6 is 15.9 Å². The number of fused-ring (bicyclic) bond motifs is 7. The molecule has 2 heterocycles. The normalized spacial score (nSPS) is 12.0. The number of H-pyrrole nitrogens is 2. The molecule has 100 valence electrons. The lowest BCUT2D eigenvalue weighted by atomic mass is 10.1. The van der Waals surface area contributed by atoms with Gasteiger partial charge in [-0.15, -0.1) is 0 Å². The molecule has 0 saturated carbocycles. The number of para-hydroxylation sites is 2. The van der Waals surface area contributed by atoms with Gasteiger partial charge in [0.25, 0.3) is 0 Å². The van der Waals surface area contributed by atoms with Gasteiger partial charge in [-0.3, -0.25) is 0 Å². The third-order valence-corrected chi connectivity index (χ3v) is 4.90. The fourth-order valence-corrected chi connectivity index (χ4v) is 3.74. The molecule has 2 N–H and O–H groups in total. The fourth-order valence-electron chi connectivity index (χ4n) is 3.27. The highest BCUT2D eigenvalue weighted by Crippen LogP contribution is 2.36. The van der Waals surface area contributed by atoms with Gasteiger partial charge < -0.3 is 9.97 Å². The Morgan fingerprint density at radius 3 is 2.14 bits per heavy atom. The highest BCUT2D eigenvalue weighted by Gasteiger charge is 2.12. The van der Waals surface area contributed by atoms with Crippen LogP contribution in [0, 0.1) is 0 Å². The first-order valence-electron chi connectivity index (χ1n) is 6.92. The molecule has 0 fully saturated rings. The van der Waals surface area contributed by atoms with E-state index in [1.807, 2.05) is 0 Å². The quantitative estimate of drug-likeness (QED) is 0.363. The molecule has 2 nitrogen and oxygen atoms in total. The SMILES string of the molecule is Brc1cccc2c1[nH]c1c2ccc2c3ccccc3[nH]c21. The number of rotatable bonds is 0. The van der Waals surface area contributed by atoms with Crippen LogP contribution in [-0.4, -0.2) is 9.97 Å². The number of benzene rings is 3. The van der Waals surface area contributed by atoms with Gasteiger partial charge in [0, 0.05) is 31.5 Å². The van der Waals surface area contributed by atoms with E-state index in [-0.39, 0.29) is 0 Å². The molecule has 0 atom stereocenters. The van der Waals surface area contributed by atoms with Gasteiger partial charge in [0.2, 0.25) is 0 Å². The van der Waals surface area contributed by atoms with Crippen LogP contribution in [0.25, 0.3) is 43.6 Å². The summed E-state index contributed by atoms with van der Waals surface area (Å²) in [6.45, 7) is 0. The topological polar surface area (TPSA) is 31.6 Å². The van der Waals surface area contributed by atoms with Gasteiger partial charge in [-0.1, -0.05) is 42.5 Å². The van der Waals surface area contributed by atoms with Gasteiger partial charge in [0.15, 0.2) is 0 Å².